The minimum absolute atomic E-state index is 0.641. The van der Waals surface area contributed by atoms with Crippen molar-refractivity contribution in [2.24, 2.45) is 0 Å². The van der Waals surface area contributed by atoms with E-state index in [-0.39, 0.29) is 0 Å². The predicted octanol–water partition coefficient (Wildman–Crippen LogP) is 13.7. The highest BCUT2D eigenvalue weighted by molar-refractivity contribution is 7.26. The van der Waals surface area contributed by atoms with Crippen LogP contribution in [-0.4, -0.2) is 19.5 Å². The summed E-state index contributed by atoms with van der Waals surface area (Å²) >= 11 is 1.88. The Labute approximate surface area is 327 Å². The van der Waals surface area contributed by atoms with Gasteiger partial charge in [-0.1, -0.05) is 152 Å². The summed E-state index contributed by atoms with van der Waals surface area (Å²) in [7, 11) is 0. The first-order valence-corrected chi connectivity index (χ1v) is 19.6. The molecule has 0 radical (unpaired) electrons. The summed E-state index contributed by atoms with van der Waals surface area (Å²) in [5.41, 5.74) is 11.0. The van der Waals surface area contributed by atoms with E-state index >= 15 is 0 Å². The summed E-state index contributed by atoms with van der Waals surface area (Å²) in [5.74, 6) is 1.94. The molecule has 56 heavy (non-hydrogen) atoms. The van der Waals surface area contributed by atoms with Crippen molar-refractivity contribution >= 4 is 53.3 Å². The summed E-state index contributed by atoms with van der Waals surface area (Å²) in [4.78, 5) is 15.0. The SMILES string of the molecule is c1ccc(-c2cccc(-n3c4ccc(-c5cccc(-c6nc(-c7ccccc7)nc(-c7ccccc7)n6)c5)cc4c4c5sc6ccccc6c5ccc43)c2)cc1. The van der Waals surface area contributed by atoms with Crippen LogP contribution in [0.1, 0.15) is 0 Å². The van der Waals surface area contributed by atoms with Gasteiger partial charge in [-0.2, -0.15) is 0 Å². The largest absolute Gasteiger partial charge is 0.309 e. The van der Waals surface area contributed by atoms with Gasteiger partial charge in [-0.15, -0.1) is 11.3 Å². The van der Waals surface area contributed by atoms with Crippen molar-refractivity contribution in [2.75, 3.05) is 0 Å². The molecule has 0 aliphatic carbocycles. The lowest BCUT2D eigenvalue weighted by molar-refractivity contribution is 1.07. The molecule has 0 amide bonds. The number of rotatable bonds is 6. The Balaban J connectivity index is 1.11. The second kappa shape index (κ2) is 13.3. The van der Waals surface area contributed by atoms with Gasteiger partial charge in [0, 0.05) is 53.3 Å². The number of benzene rings is 8. The highest BCUT2D eigenvalue weighted by atomic mass is 32.1. The first-order chi connectivity index (χ1) is 27.7. The maximum atomic E-state index is 5.02. The first-order valence-electron chi connectivity index (χ1n) is 18.8. The van der Waals surface area contributed by atoms with Gasteiger partial charge in [0.1, 0.15) is 0 Å². The van der Waals surface area contributed by atoms with E-state index in [1.165, 1.54) is 53.1 Å². The van der Waals surface area contributed by atoms with Crippen LogP contribution in [0.3, 0.4) is 0 Å². The van der Waals surface area contributed by atoms with Crippen LogP contribution in [0.4, 0.5) is 0 Å². The molecule has 3 aromatic heterocycles. The molecule has 8 aromatic carbocycles. The zero-order valence-electron chi connectivity index (χ0n) is 30.2. The summed E-state index contributed by atoms with van der Waals surface area (Å²) in [6.45, 7) is 0. The van der Waals surface area contributed by atoms with E-state index in [4.69, 9.17) is 15.0 Å². The molecule has 11 rings (SSSR count). The van der Waals surface area contributed by atoms with E-state index in [9.17, 15) is 0 Å². The summed E-state index contributed by atoms with van der Waals surface area (Å²) in [6.07, 6.45) is 0. The van der Waals surface area contributed by atoms with Gasteiger partial charge in [0.25, 0.3) is 0 Å². The molecule has 0 N–H and O–H groups in total. The average molecular weight is 733 g/mol. The maximum Gasteiger partial charge on any atom is 0.164 e. The van der Waals surface area contributed by atoms with Crippen molar-refractivity contribution in [3.8, 4) is 62.1 Å². The molecule has 0 spiro atoms. The van der Waals surface area contributed by atoms with Gasteiger partial charge in [-0.05, 0) is 64.7 Å². The number of hydrogen-bond acceptors (Lipinski definition) is 4. The second-order valence-corrected chi connectivity index (χ2v) is 15.1. The number of hydrogen-bond donors (Lipinski definition) is 0. The first kappa shape index (κ1) is 32.2. The van der Waals surface area contributed by atoms with Crippen LogP contribution in [-0.2, 0) is 0 Å². The fourth-order valence-electron chi connectivity index (χ4n) is 7.97. The minimum Gasteiger partial charge on any atom is -0.309 e. The van der Waals surface area contributed by atoms with Crippen LogP contribution in [0.2, 0.25) is 0 Å². The third kappa shape index (κ3) is 5.48. The standard InChI is InChI=1S/C51H32N4S/c1-4-14-33(15-5-1)37-21-13-23-40(31-37)55-44-28-26-38(32-43(44)47-45(55)29-27-42-41-24-10-11-25-46(41)56-48(42)47)36-20-12-22-39(30-36)51-53-49(34-16-6-2-7-17-34)52-50(54-51)35-18-8-3-9-19-35/h1-32H. The molecule has 0 bridgehead atoms. The van der Waals surface area contributed by atoms with Crippen molar-refractivity contribution in [2.45, 2.75) is 0 Å². The highest BCUT2D eigenvalue weighted by Crippen LogP contribution is 2.44. The Hall–Kier alpha value is -7.21. The van der Waals surface area contributed by atoms with Crippen molar-refractivity contribution in [3.63, 3.8) is 0 Å². The van der Waals surface area contributed by atoms with Gasteiger partial charge in [-0.3, -0.25) is 0 Å². The molecule has 11 aromatic rings. The molecule has 0 unspecified atom stereocenters. The van der Waals surface area contributed by atoms with Crippen molar-refractivity contribution in [1.82, 2.24) is 19.5 Å². The Morgan fingerprint density at radius 3 is 1.59 bits per heavy atom. The van der Waals surface area contributed by atoms with Gasteiger partial charge in [0.05, 0.1) is 11.0 Å². The smallest absolute Gasteiger partial charge is 0.164 e. The van der Waals surface area contributed by atoms with Crippen LogP contribution in [0.25, 0.3) is 104 Å². The van der Waals surface area contributed by atoms with Gasteiger partial charge in [0.15, 0.2) is 17.5 Å². The number of fused-ring (bicyclic) bond motifs is 7. The Morgan fingerprint density at radius 2 is 0.875 bits per heavy atom. The lowest BCUT2D eigenvalue weighted by atomic mass is 10.00. The molecular weight excluding hydrogens is 701 g/mol. The molecule has 0 fully saturated rings. The molecule has 0 atom stereocenters. The third-order valence-electron chi connectivity index (χ3n) is 10.6. The zero-order chi connectivity index (χ0) is 37.0. The zero-order valence-corrected chi connectivity index (χ0v) is 31.0. The molecule has 0 aliphatic rings. The van der Waals surface area contributed by atoms with E-state index in [1.807, 2.05) is 72.0 Å². The summed E-state index contributed by atoms with van der Waals surface area (Å²) in [6, 6.07) is 68.6. The van der Waals surface area contributed by atoms with E-state index in [1.54, 1.807) is 0 Å². The van der Waals surface area contributed by atoms with Crippen molar-refractivity contribution in [3.05, 3.63) is 194 Å². The van der Waals surface area contributed by atoms with E-state index in [0.29, 0.717) is 17.5 Å². The van der Waals surface area contributed by atoms with Crippen LogP contribution in [0.5, 0.6) is 0 Å². The molecule has 0 aliphatic heterocycles. The average Bonchev–Trinajstić information content (AvgIpc) is 3.83. The molecule has 262 valence electrons. The van der Waals surface area contributed by atoms with E-state index < -0.39 is 0 Å². The van der Waals surface area contributed by atoms with Crippen LogP contribution in [0.15, 0.2) is 194 Å². The topological polar surface area (TPSA) is 43.6 Å². The molecule has 0 saturated heterocycles. The quantitative estimate of drug-likeness (QED) is 0.171. The predicted molar refractivity (Wildman–Crippen MR) is 234 cm³/mol. The fraction of sp³-hybridized carbons (Fsp3) is 0. The summed E-state index contributed by atoms with van der Waals surface area (Å²) < 4.78 is 5.04. The number of thiophene rings is 1. The van der Waals surface area contributed by atoms with E-state index in [2.05, 4.69) is 138 Å². The van der Waals surface area contributed by atoms with Crippen LogP contribution >= 0.6 is 11.3 Å². The van der Waals surface area contributed by atoms with Gasteiger partial charge in [-0.25, -0.2) is 15.0 Å². The second-order valence-electron chi connectivity index (χ2n) is 14.0. The van der Waals surface area contributed by atoms with Gasteiger partial charge < -0.3 is 4.57 Å². The van der Waals surface area contributed by atoms with Crippen LogP contribution in [0, 0.1) is 0 Å². The minimum atomic E-state index is 0.641. The van der Waals surface area contributed by atoms with E-state index in [0.717, 1.165) is 33.5 Å². The number of nitrogens with zero attached hydrogens (tertiary/aromatic N) is 4. The van der Waals surface area contributed by atoms with Crippen LogP contribution < -0.4 is 0 Å². The Morgan fingerprint density at radius 1 is 0.339 bits per heavy atom. The lowest BCUT2D eigenvalue weighted by Gasteiger charge is -2.11. The molecule has 5 heteroatoms. The lowest BCUT2D eigenvalue weighted by Crippen LogP contribution is -2.00. The monoisotopic (exact) mass is 732 g/mol. The normalized spacial score (nSPS) is 11.6. The maximum absolute atomic E-state index is 5.02. The molecule has 0 saturated carbocycles. The van der Waals surface area contributed by atoms with Crippen molar-refractivity contribution < 1.29 is 0 Å². The van der Waals surface area contributed by atoms with Crippen molar-refractivity contribution in [1.29, 1.82) is 0 Å². The number of aromatic nitrogens is 4. The molecular formula is C51H32N4S. The van der Waals surface area contributed by atoms with Gasteiger partial charge >= 0.3 is 0 Å². The third-order valence-corrected chi connectivity index (χ3v) is 11.8. The molecule has 4 nitrogen and oxygen atoms in total. The Bertz CT molecular complexity index is 3180. The summed E-state index contributed by atoms with van der Waals surface area (Å²) in [5, 5.41) is 5.09. The molecule has 3 heterocycles. The van der Waals surface area contributed by atoms with Gasteiger partial charge in [0.2, 0.25) is 0 Å². The highest BCUT2D eigenvalue weighted by Gasteiger charge is 2.19. The Kier molecular flexibility index (Phi) is 7.64. The fourth-order valence-corrected chi connectivity index (χ4v) is 9.23.